The molecule has 3 nitrogen and oxygen atoms in total. The van der Waals surface area contributed by atoms with Gasteiger partial charge < -0.3 is 14.9 Å². The van der Waals surface area contributed by atoms with Crippen LogP contribution < -0.4 is 0 Å². The van der Waals surface area contributed by atoms with Gasteiger partial charge >= 0.3 is 0 Å². The number of allylic oxidation sites excluding steroid dienone is 1. The molecule has 126 valence electrons. The molecule has 3 heteroatoms. The molecule has 2 atom stereocenters. The molecule has 2 unspecified atom stereocenters. The fourth-order valence-corrected chi connectivity index (χ4v) is 2.31. The summed E-state index contributed by atoms with van der Waals surface area (Å²) >= 11 is 0. The van der Waals surface area contributed by atoms with Crippen LogP contribution in [-0.2, 0) is 4.74 Å². The van der Waals surface area contributed by atoms with Crippen LogP contribution in [0.1, 0.15) is 66.2 Å². The Morgan fingerprint density at radius 1 is 1.10 bits per heavy atom. The first-order chi connectivity index (χ1) is 9.95. The highest BCUT2D eigenvalue weighted by atomic mass is 16.5. The Bertz CT molecular complexity index is 261. The third-order valence-electron chi connectivity index (χ3n) is 3.82. The molecule has 0 fully saturated rings. The predicted octanol–water partition coefficient (Wildman–Crippen LogP) is 3.94. The fraction of sp³-hybridized carbons (Fsp3) is 0.889. The summed E-state index contributed by atoms with van der Waals surface area (Å²) in [7, 11) is 0. The second-order valence-corrected chi connectivity index (χ2v) is 6.75. The highest BCUT2D eigenvalue weighted by molar-refractivity contribution is 4.97. The van der Waals surface area contributed by atoms with Crippen LogP contribution in [0, 0.1) is 11.8 Å². The molecule has 0 aliphatic carbocycles. The standard InChI is InChI=1S/C18H36O3/c1-15(2)7-5-8-16(3)9-6-10-17(4)11-12-21-14-18(20)13-19/h11,15-16,18-20H,5-10,12-14H2,1-4H3. The zero-order chi connectivity index (χ0) is 16.1. The van der Waals surface area contributed by atoms with E-state index in [-0.39, 0.29) is 13.2 Å². The van der Waals surface area contributed by atoms with Crippen LogP contribution in [0.2, 0.25) is 0 Å². The molecular weight excluding hydrogens is 264 g/mol. The van der Waals surface area contributed by atoms with E-state index in [0.29, 0.717) is 6.61 Å². The maximum absolute atomic E-state index is 9.14. The molecule has 0 spiro atoms. The van der Waals surface area contributed by atoms with Gasteiger partial charge in [-0.2, -0.15) is 0 Å². The Balaban J connectivity index is 3.56. The topological polar surface area (TPSA) is 49.7 Å². The largest absolute Gasteiger partial charge is 0.394 e. The van der Waals surface area contributed by atoms with Crippen molar-refractivity contribution in [1.82, 2.24) is 0 Å². The number of aliphatic hydroxyl groups is 2. The monoisotopic (exact) mass is 300 g/mol. The van der Waals surface area contributed by atoms with Crippen molar-refractivity contribution in [2.24, 2.45) is 11.8 Å². The molecule has 0 saturated heterocycles. The van der Waals surface area contributed by atoms with Gasteiger partial charge in [-0.3, -0.25) is 0 Å². The molecule has 0 rings (SSSR count). The van der Waals surface area contributed by atoms with E-state index >= 15 is 0 Å². The minimum absolute atomic E-state index is 0.202. The summed E-state index contributed by atoms with van der Waals surface area (Å²) in [6, 6.07) is 0. The molecule has 0 saturated carbocycles. The van der Waals surface area contributed by atoms with Gasteiger partial charge in [-0.1, -0.05) is 58.1 Å². The maximum Gasteiger partial charge on any atom is 0.100 e. The van der Waals surface area contributed by atoms with Gasteiger partial charge in [0.1, 0.15) is 6.10 Å². The van der Waals surface area contributed by atoms with Gasteiger partial charge in [0.05, 0.1) is 19.8 Å². The number of aliphatic hydroxyl groups excluding tert-OH is 2. The van der Waals surface area contributed by atoms with Crippen LogP contribution in [0.3, 0.4) is 0 Å². The molecule has 0 aliphatic heterocycles. The average molecular weight is 300 g/mol. The summed E-state index contributed by atoms with van der Waals surface area (Å²) in [5.74, 6) is 1.65. The van der Waals surface area contributed by atoms with Crippen molar-refractivity contribution >= 4 is 0 Å². The average Bonchev–Trinajstić information content (AvgIpc) is 2.42. The van der Waals surface area contributed by atoms with E-state index in [9.17, 15) is 0 Å². The van der Waals surface area contributed by atoms with Crippen molar-refractivity contribution in [2.45, 2.75) is 72.3 Å². The maximum atomic E-state index is 9.14. The van der Waals surface area contributed by atoms with E-state index in [1.54, 1.807) is 0 Å². The van der Waals surface area contributed by atoms with Crippen LogP contribution in [0.4, 0.5) is 0 Å². The van der Waals surface area contributed by atoms with Crippen molar-refractivity contribution in [3.05, 3.63) is 11.6 Å². The Kier molecular flexibility index (Phi) is 13.1. The van der Waals surface area contributed by atoms with Crippen molar-refractivity contribution in [2.75, 3.05) is 19.8 Å². The summed E-state index contributed by atoms with van der Waals surface area (Å²) in [5.41, 5.74) is 1.35. The predicted molar refractivity (Wildman–Crippen MR) is 89.4 cm³/mol. The minimum Gasteiger partial charge on any atom is -0.394 e. The normalized spacial score (nSPS) is 15.5. The molecule has 2 N–H and O–H groups in total. The lowest BCUT2D eigenvalue weighted by molar-refractivity contribution is 0.0148. The van der Waals surface area contributed by atoms with Gasteiger partial charge in [-0.25, -0.2) is 0 Å². The second-order valence-electron chi connectivity index (χ2n) is 6.75. The summed E-state index contributed by atoms with van der Waals surface area (Å²) in [4.78, 5) is 0. The van der Waals surface area contributed by atoms with E-state index in [4.69, 9.17) is 14.9 Å². The first kappa shape index (κ1) is 20.6. The van der Waals surface area contributed by atoms with Gasteiger partial charge in [-0.15, -0.1) is 0 Å². The summed E-state index contributed by atoms with van der Waals surface area (Å²) < 4.78 is 5.27. The summed E-state index contributed by atoms with van der Waals surface area (Å²) in [6.45, 7) is 9.56. The Hall–Kier alpha value is -0.380. The van der Waals surface area contributed by atoms with E-state index in [0.717, 1.165) is 18.3 Å². The Labute approximate surface area is 131 Å². The summed E-state index contributed by atoms with van der Waals surface area (Å²) in [6.07, 6.45) is 9.04. The SMILES string of the molecule is CC(=CCOCC(O)CO)CCCC(C)CCCC(C)C. The molecule has 0 aromatic carbocycles. The number of hydrogen-bond donors (Lipinski definition) is 2. The minimum atomic E-state index is -0.759. The fourth-order valence-electron chi connectivity index (χ4n) is 2.31. The molecule has 21 heavy (non-hydrogen) atoms. The smallest absolute Gasteiger partial charge is 0.100 e. The zero-order valence-corrected chi connectivity index (χ0v) is 14.5. The van der Waals surface area contributed by atoms with Gasteiger partial charge in [0.2, 0.25) is 0 Å². The van der Waals surface area contributed by atoms with Gasteiger partial charge in [-0.05, 0) is 31.6 Å². The zero-order valence-electron chi connectivity index (χ0n) is 14.5. The van der Waals surface area contributed by atoms with E-state index in [1.165, 1.54) is 37.7 Å². The third-order valence-corrected chi connectivity index (χ3v) is 3.82. The number of hydrogen-bond acceptors (Lipinski definition) is 3. The van der Waals surface area contributed by atoms with Crippen molar-refractivity contribution < 1.29 is 14.9 Å². The van der Waals surface area contributed by atoms with Gasteiger partial charge in [0.15, 0.2) is 0 Å². The molecule has 0 aromatic rings. The molecule has 0 aromatic heterocycles. The lowest BCUT2D eigenvalue weighted by Gasteiger charge is -2.12. The highest BCUT2D eigenvalue weighted by Crippen LogP contribution is 2.18. The lowest BCUT2D eigenvalue weighted by Crippen LogP contribution is -2.19. The van der Waals surface area contributed by atoms with E-state index in [1.807, 2.05) is 0 Å². The Morgan fingerprint density at radius 2 is 1.76 bits per heavy atom. The van der Waals surface area contributed by atoms with E-state index in [2.05, 4.69) is 33.8 Å². The first-order valence-corrected chi connectivity index (χ1v) is 8.48. The molecule has 0 radical (unpaired) electrons. The third kappa shape index (κ3) is 14.3. The molecule has 0 aliphatic rings. The molecular formula is C18H36O3. The van der Waals surface area contributed by atoms with Crippen molar-refractivity contribution in [1.29, 1.82) is 0 Å². The van der Waals surface area contributed by atoms with Gasteiger partial charge in [0, 0.05) is 0 Å². The van der Waals surface area contributed by atoms with Crippen LogP contribution in [0.5, 0.6) is 0 Å². The highest BCUT2D eigenvalue weighted by Gasteiger charge is 2.04. The van der Waals surface area contributed by atoms with Gasteiger partial charge in [0.25, 0.3) is 0 Å². The van der Waals surface area contributed by atoms with Crippen LogP contribution in [0.15, 0.2) is 11.6 Å². The molecule has 0 heterocycles. The summed E-state index contributed by atoms with van der Waals surface area (Å²) in [5, 5.41) is 17.8. The van der Waals surface area contributed by atoms with Crippen LogP contribution in [0.25, 0.3) is 0 Å². The van der Waals surface area contributed by atoms with Crippen LogP contribution >= 0.6 is 0 Å². The first-order valence-electron chi connectivity index (χ1n) is 8.48. The van der Waals surface area contributed by atoms with Crippen LogP contribution in [-0.4, -0.2) is 36.1 Å². The lowest BCUT2D eigenvalue weighted by atomic mass is 9.94. The molecule has 0 bridgehead atoms. The number of rotatable bonds is 13. The van der Waals surface area contributed by atoms with Crippen molar-refractivity contribution in [3.63, 3.8) is 0 Å². The van der Waals surface area contributed by atoms with Crippen molar-refractivity contribution in [3.8, 4) is 0 Å². The van der Waals surface area contributed by atoms with E-state index < -0.39 is 6.10 Å². The quantitative estimate of drug-likeness (QED) is 0.400. The molecule has 0 amide bonds. The number of ether oxygens (including phenoxy) is 1. The Morgan fingerprint density at radius 3 is 2.38 bits per heavy atom. The second kappa shape index (κ2) is 13.3.